The van der Waals surface area contributed by atoms with Crippen LogP contribution in [0.4, 0.5) is 0 Å². The first-order chi connectivity index (χ1) is 9.15. The first-order valence-electron chi connectivity index (χ1n) is 6.27. The molecule has 1 aromatic heterocycles. The molecule has 1 aromatic carbocycles. The van der Waals surface area contributed by atoms with Crippen LogP contribution in [0.25, 0.3) is 11.1 Å². The van der Waals surface area contributed by atoms with Crippen LogP contribution in [-0.4, -0.2) is 24.0 Å². The molecule has 6 heteroatoms. The highest BCUT2D eigenvalue weighted by atomic mass is 16.4. The Labute approximate surface area is 109 Å². The summed E-state index contributed by atoms with van der Waals surface area (Å²) in [5.74, 6) is -0.479. The predicted molar refractivity (Wildman–Crippen MR) is 69.8 cm³/mol. The van der Waals surface area contributed by atoms with Crippen LogP contribution in [0.3, 0.4) is 0 Å². The Balaban J connectivity index is 1.94. The van der Waals surface area contributed by atoms with Gasteiger partial charge in [0, 0.05) is 13.1 Å². The van der Waals surface area contributed by atoms with Crippen molar-refractivity contribution in [2.45, 2.75) is 18.3 Å². The highest BCUT2D eigenvalue weighted by Crippen LogP contribution is 2.48. The topological polar surface area (TPSA) is 101 Å². The fraction of sp³-hybridized carbons (Fsp3) is 0.385. The third-order valence-corrected chi connectivity index (χ3v) is 3.59. The van der Waals surface area contributed by atoms with Crippen molar-refractivity contribution >= 4 is 17.0 Å². The Hall–Kier alpha value is -2.08. The number of aromatic amines is 1. The van der Waals surface area contributed by atoms with Gasteiger partial charge in [0.2, 0.25) is 5.91 Å². The van der Waals surface area contributed by atoms with Gasteiger partial charge in [-0.05, 0) is 30.5 Å². The second-order valence-electron chi connectivity index (χ2n) is 4.85. The lowest BCUT2D eigenvalue weighted by Crippen LogP contribution is -2.37. The monoisotopic (exact) mass is 261 g/mol. The number of amides is 1. The molecule has 3 rings (SSSR count). The number of H-pyrrole nitrogens is 1. The first kappa shape index (κ1) is 12.0. The van der Waals surface area contributed by atoms with E-state index in [4.69, 9.17) is 10.2 Å². The maximum absolute atomic E-state index is 12.2. The molecular weight excluding hydrogens is 246 g/mol. The summed E-state index contributed by atoms with van der Waals surface area (Å²) in [4.78, 5) is 25.9. The summed E-state index contributed by atoms with van der Waals surface area (Å²) in [7, 11) is 0. The summed E-state index contributed by atoms with van der Waals surface area (Å²) in [5, 5.41) is 2.83. The Kier molecular flexibility index (Phi) is 2.67. The minimum Gasteiger partial charge on any atom is -0.408 e. The van der Waals surface area contributed by atoms with E-state index in [0.717, 1.165) is 18.4 Å². The Morgan fingerprint density at radius 2 is 2.26 bits per heavy atom. The molecule has 0 aliphatic heterocycles. The number of carbonyl (C=O) groups is 1. The number of hydrogen-bond acceptors (Lipinski definition) is 4. The van der Waals surface area contributed by atoms with Crippen LogP contribution in [-0.2, 0) is 10.2 Å². The summed E-state index contributed by atoms with van der Waals surface area (Å²) >= 11 is 0. The molecule has 0 bridgehead atoms. The second kappa shape index (κ2) is 4.24. The van der Waals surface area contributed by atoms with Gasteiger partial charge in [0.25, 0.3) is 0 Å². The van der Waals surface area contributed by atoms with Crippen LogP contribution in [0.1, 0.15) is 18.4 Å². The first-order valence-corrected chi connectivity index (χ1v) is 6.27. The van der Waals surface area contributed by atoms with E-state index in [0.29, 0.717) is 24.2 Å². The third kappa shape index (κ3) is 1.94. The van der Waals surface area contributed by atoms with Gasteiger partial charge >= 0.3 is 5.76 Å². The molecule has 0 radical (unpaired) electrons. The lowest BCUT2D eigenvalue weighted by Gasteiger charge is -2.15. The summed E-state index contributed by atoms with van der Waals surface area (Å²) in [6, 6.07) is 5.38. The summed E-state index contributed by atoms with van der Waals surface area (Å²) in [6.07, 6.45) is 1.63. The normalized spacial score (nSPS) is 16.5. The van der Waals surface area contributed by atoms with Crippen LogP contribution in [0.15, 0.2) is 27.4 Å². The van der Waals surface area contributed by atoms with Gasteiger partial charge in [-0.25, -0.2) is 4.79 Å². The molecule has 19 heavy (non-hydrogen) atoms. The molecule has 1 amide bonds. The van der Waals surface area contributed by atoms with Crippen molar-refractivity contribution in [1.82, 2.24) is 10.3 Å². The zero-order valence-corrected chi connectivity index (χ0v) is 10.4. The van der Waals surface area contributed by atoms with Crippen LogP contribution in [0.2, 0.25) is 0 Å². The molecule has 2 aromatic rings. The molecule has 0 saturated heterocycles. The van der Waals surface area contributed by atoms with Gasteiger partial charge in [-0.2, -0.15) is 0 Å². The van der Waals surface area contributed by atoms with Gasteiger partial charge in [-0.1, -0.05) is 6.07 Å². The average molecular weight is 261 g/mol. The lowest BCUT2D eigenvalue weighted by molar-refractivity contribution is -0.123. The standard InChI is InChI=1S/C13H15N3O3/c14-5-6-15-11(17)13(3-4-13)8-1-2-10-9(7-8)16-12(18)19-10/h1-2,7H,3-6,14H2,(H,15,17)(H,16,18). The number of carbonyl (C=O) groups excluding carboxylic acids is 1. The number of fused-ring (bicyclic) bond motifs is 1. The van der Waals surface area contributed by atoms with Crippen molar-refractivity contribution in [2.24, 2.45) is 5.73 Å². The quantitative estimate of drug-likeness (QED) is 0.733. The fourth-order valence-electron chi connectivity index (χ4n) is 2.38. The van der Waals surface area contributed by atoms with Gasteiger partial charge in [0.05, 0.1) is 10.9 Å². The van der Waals surface area contributed by atoms with Gasteiger partial charge < -0.3 is 15.5 Å². The molecule has 1 fully saturated rings. The number of rotatable bonds is 4. The van der Waals surface area contributed by atoms with E-state index in [-0.39, 0.29) is 5.91 Å². The van der Waals surface area contributed by atoms with E-state index in [9.17, 15) is 9.59 Å². The molecule has 0 atom stereocenters. The van der Waals surface area contributed by atoms with Crippen molar-refractivity contribution in [3.8, 4) is 0 Å². The zero-order valence-electron chi connectivity index (χ0n) is 10.4. The van der Waals surface area contributed by atoms with Crippen molar-refractivity contribution in [1.29, 1.82) is 0 Å². The predicted octanol–water partition coefficient (Wildman–Crippen LogP) is 0.228. The summed E-state index contributed by atoms with van der Waals surface area (Å²) < 4.78 is 4.95. The number of oxazole rings is 1. The minimum atomic E-state index is -0.482. The van der Waals surface area contributed by atoms with Gasteiger partial charge in [0.1, 0.15) is 0 Å². The van der Waals surface area contributed by atoms with E-state index in [1.54, 1.807) is 6.07 Å². The number of hydrogen-bond donors (Lipinski definition) is 3. The van der Waals surface area contributed by atoms with Crippen molar-refractivity contribution in [3.63, 3.8) is 0 Å². The maximum atomic E-state index is 12.2. The zero-order chi connectivity index (χ0) is 13.5. The Morgan fingerprint density at radius 3 is 2.95 bits per heavy atom. The SMILES string of the molecule is NCCNC(=O)C1(c2ccc3oc(=O)[nH]c3c2)CC1. The molecule has 1 aliphatic carbocycles. The molecule has 1 saturated carbocycles. The highest BCUT2D eigenvalue weighted by molar-refractivity contribution is 5.92. The molecule has 100 valence electrons. The van der Waals surface area contributed by atoms with Crippen LogP contribution >= 0.6 is 0 Å². The number of aromatic nitrogens is 1. The highest BCUT2D eigenvalue weighted by Gasteiger charge is 2.51. The molecule has 1 aliphatic rings. The van der Waals surface area contributed by atoms with Crippen molar-refractivity contribution < 1.29 is 9.21 Å². The van der Waals surface area contributed by atoms with E-state index in [2.05, 4.69) is 10.3 Å². The molecule has 1 heterocycles. The van der Waals surface area contributed by atoms with Crippen molar-refractivity contribution in [2.75, 3.05) is 13.1 Å². The third-order valence-electron chi connectivity index (χ3n) is 3.59. The van der Waals surface area contributed by atoms with Crippen LogP contribution in [0, 0.1) is 0 Å². The minimum absolute atomic E-state index is 0.00291. The summed E-state index contributed by atoms with van der Waals surface area (Å²) in [6.45, 7) is 0.904. The number of benzene rings is 1. The van der Waals surface area contributed by atoms with Gasteiger partial charge in [-0.3, -0.25) is 9.78 Å². The molecule has 0 spiro atoms. The molecular formula is C13H15N3O3. The molecule has 6 nitrogen and oxygen atoms in total. The number of nitrogens with one attached hydrogen (secondary N) is 2. The van der Waals surface area contributed by atoms with E-state index < -0.39 is 11.2 Å². The second-order valence-corrected chi connectivity index (χ2v) is 4.85. The van der Waals surface area contributed by atoms with Gasteiger partial charge in [0.15, 0.2) is 5.58 Å². The fourth-order valence-corrected chi connectivity index (χ4v) is 2.38. The smallest absolute Gasteiger partial charge is 0.408 e. The Bertz CT molecular complexity index is 682. The maximum Gasteiger partial charge on any atom is 0.417 e. The average Bonchev–Trinajstić information content (AvgIpc) is 3.12. The Morgan fingerprint density at radius 1 is 1.47 bits per heavy atom. The summed E-state index contributed by atoms with van der Waals surface area (Å²) in [5.41, 5.74) is 6.97. The van der Waals surface area contributed by atoms with E-state index in [1.165, 1.54) is 0 Å². The van der Waals surface area contributed by atoms with Gasteiger partial charge in [-0.15, -0.1) is 0 Å². The molecule has 0 unspecified atom stereocenters. The lowest BCUT2D eigenvalue weighted by atomic mass is 9.94. The van der Waals surface area contributed by atoms with E-state index in [1.807, 2.05) is 12.1 Å². The largest absolute Gasteiger partial charge is 0.417 e. The number of nitrogens with two attached hydrogens (primary N) is 1. The van der Waals surface area contributed by atoms with Crippen LogP contribution < -0.4 is 16.8 Å². The molecule has 4 N–H and O–H groups in total. The van der Waals surface area contributed by atoms with Crippen LogP contribution in [0.5, 0.6) is 0 Å². The van der Waals surface area contributed by atoms with Crippen molar-refractivity contribution in [3.05, 3.63) is 34.3 Å². The van der Waals surface area contributed by atoms with E-state index >= 15 is 0 Å².